The minimum Gasteiger partial charge on any atom is -0.495 e. The molecule has 1 aliphatic heterocycles. The van der Waals surface area contributed by atoms with E-state index in [9.17, 15) is 4.79 Å². The SMILES string of the molecule is COc1ccccc1NC(=S)Nc1cc(Br)cc2c1N(C(C)=O)CC2. The van der Waals surface area contributed by atoms with Crippen LogP contribution in [0.15, 0.2) is 40.9 Å². The van der Waals surface area contributed by atoms with Gasteiger partial charge in [-0.15, -0.1) is 0 Å². The normalized spacial score (nSPS) is 12.5. The summed E-state index contributed by atoms with van der Waals surface area (Å²) in [5.41, 5.74) is 3.58. The molecule has 0 saturated heterocycles. The molecule has 2 N–H and O–H groups in total. The summed E-state index contributed by atoms with van der Waals surface area (Å²) in [5.74, 6) is 0.726. The van der Waals surface area contributed by atoms with Crippen LogP contribution in [0.2, 0.25) is 0 Å². The van der Waals surface area contributed by atoms with Gasteiger partial charge >= 0.3 is 0 Å². The Balaban J connectivity index is 1.86. The number of carbonyl (C=O) groups excluding carboxylic acids is 1. The van der Waals surface area contributed by atoms with Crippen LogP contribution in [0.5, 0.6) is 5.75 Å². The third kappa shape index (κ3) is 3.77. The average molecular weight is 420 g/mol. The van der Waals surface area contributed by atoms with Crippen molar-refractivity contribution < 1.29 is 9.53 Å². The summed E-state index contributed by atoms with van der Waals surface area (Å²) < 4.78 is 6.27. The summed E-state index contributed by atoms with van der Waals surface area (Å²) >= 11 is 8.97. The standard InChI is InChI=1S/C18H18BrN3O2S/c1-11(23)22-8-7-12-9-13(19)10-15(17(12)22)21-18(25)20-14-5-3-4-6-16(14)24-2/h3-6,9-10H,7-8H2,1-2H3,(H2,20,21,25). The summed E-state index contributed by atoms with van der Waals surface area (Å²) in [6, 6.07) is 11.5. The van der Waals surface area contributed by atoms with Gasteiger partial charge in [0.2, 0.25) is 5.91 Å². The number of nitrogens with zero attached hydrogens (tertiary/aromatic N) is 1. The van der Waals surface area contributed by atoms with Crippen molar-refractivity contribution in [2.75, 3.05) is 29.2 Å². The number of hydrogen-bond acceptors (Lipinski definition) is 3. The third-order valence-electron chi connectivity index (χ3n) is 4.01. The van der Waals surface area contributed by atoms with E-state index in [0.29, 0.717) is 17.4 Å². The van der Waals surface area contributed by atoms with Crippen LogP contribution < -0.4 is 20.3 Å². The lowest BCUT2D eigenvalue weighted by atomic mass is 10.1. The Morgan fingerprint density at radius 1 is 1.24 bits per heavy atom. The molecule has 2 aromatic carbocycles. The van der Waals surface area contributed by atoms with Crippen molar-refractivity contribution in [3.05, 3.63) is 46.4 Å². The first-order valence-corrected chi connectivity index (χ1v) is 9.01. The topological polar surface area (TPSA) is 53.6 Å². The predicted octanol–water partition coefficient (Wildman–Crippen LogP) is 4.18. The van der Waals surface area contributed by atoms with Gasteiger partial charge in [-0.05, 0) is 48.5 Å². The van der Waals surface area contributed by atoms with Crippen LogP contribution in [0.25, 0.3) is 0 Å². The van der Waals surface area contributed by atoms with Gasteiger partial charge in [-0.25, -0.2) is 0 Å². The molecule has 5 nitrogen and oxygen atoms in total. The Bertz CT molecular complexity index is 841. The summed E-state index contributed by atoms with van der Waals surface area (Å²) in [6.07, 6.45) is 0.829. The van der Waals surface area contributed by atoms with Gasteiger partial charge in [-0.1, -0.05) is 28.1 Å². The molecule has 1 amide bonds. The molecule has 1 heterocycles. The molecular weight excluding hydrogens is 402 g/mol. The van der Waals surface area contributed by atoms with Crippen LogP contribution >= 0.6 is 28.1 Å². The highest BCUT2D eigenvalue weighted by Gasteiger charge is 2.26. The van der Waals surface area contributed by atoms with Crippen LogP contribution in [0, 0.1) is 0 Å². The van der Waals surface area contributed by atoms with Crippen molar-refractivity contribution in [1.82, 2.24) is 0 Å². The molecular formula is C18H18BrN3O2S. The summed E-state index contributed by atoms with van der Waals surface area (Å²) in [7, 11) is 1.61. The second-order valence-electron chi connectivity index (χ2n) is 5.66. The molecule has 130 valence electrons. The van der Waals surface area contributed by atoms with Crippen molar-refractivity contribution in [2.45, 2.75) is 13.3 Å². The molecule has 0 saturated carbocycles. The first-order chi connectivity index (χ1) is 12.0. The lowest BCUT2D eigenvalue weighted by Gasteiger charge is -2.21. The first-order valence-electron chi connectivity index (χ1n) is 7.81. The maximum atomic E-state index is 11.9. The van der Waals surface area contributed by atoms with Crippen LogP contribution in [-0.2, 0) is 11.2 Å². The van der Waals surface area contributed by atoms with E-state index in [2.05, 4.69) is 26.6 Å². The molecule has 0 radical (unpaired) electrons. The fourth-order valence-corrected chi connectivity index (χ4v) is 3.67. The smallest absolute Gasteiger partial charge is 0.223 e. The van der Waals surface area contributed by atoms with Crippen molar-refractivity contribution >= 4 is 56.2 Å². The van der Waals surface area contributed by atoms with Crippen LogP contribution in [-0.4, -0.2) is 24.7 Å². The molecule has 0 aliphatic carbocycles. The molecule has 0 spiro atoms. The van der Waals surface area contributed by atoms with Crippen molar-refractivity contribution in [3.8, 4) is 5.75 Å². The van der Waals surface area contributed by atoms with Crippen LogP contribution in [0.3, 0.4) is 0 Å². The number of thiocarbonyl (C=S) groups is 1. The number of amides is 1. The first kappa shape index (κ1) is 17.7. The Labute approximate surface area is 160 Å². The number of methoxy groups -OCH3 is 1. The van der Waals surface area contributed by atoms with Crippen molar-refractivity contribution in [2.24, 2.45) is 0 Å². The van der Waals surface area contributed by atoms with Crippen molar-refractivity contribution in [3.63, 3.8) is 0 Å². The molecule has 0 unspecified atom stereocenters. The number of para-hydroxylation sites is 2. The molecule has 2 aromatic rings. The van der Waals surface area contributed by atoms with Gasteiger partial charge in [-0.3, -0.25) is 4.79 Å². The zero-order chi connectivity index (χ0) is 18.0. The predicted molar refractivity (Wildman–Crippen MR) is 109 cm³/mol. The number of halogens is 1. The zero-order valence-electron chi connectivity index (χ0n) is 13.9. The molecule has 0 atom stereocenters. The average Bonchev–Trinajstić information content (AvgIpc) is 2.99. The number of carbonyl (C=O) groups is 1. The van der Waals surface area contributed by atoms with E-state index in [1.807, 2.05) is 36.4 Å². The number of rotatable bonds is 3. The maximum absolute atomic E-state index is 11.9. The molecule has 0 fully saturated rings. The summed E-state index contributed by atoms with van der Waals surface area (Å²) in [6.45, 7) is 2.26. The highest BCUT2D eigenvalue weighted by molar-refractivity contribution is 9.10. The molecule has 0 bridgehead atoms. The molecule has 1 aliphatic rings. The van der Waals surface area contributed by atoms with E-state index in [4.69, 9.17) is 17.0 Å². The zero-order valence-corrected chi connectivity index (χ0v) is 16.3. The number of anilines is 3. The van der Waals surface area contributed by atoms with E-state index >= 15 is 0 Å². The van der Waals surface area contributed by atoms with Gasteiger partial charge in [-0.2, -0.15) is 0 Å². The van der Waals surface area contributed by atoms with Crippen molar-refractivity contribution in [1.29, 1.82) is 0 Å². The summed E-state index contributed by atoms with van der Waals surface area (Å²) in [4.78, 5) is 13.7. The minimum absolute atomic E-state index is 0.0210. The van der Waals surface area contributed by atoms with E-state index in [1.165, 1.54) is 0 Å². The fraction of sp³-hybridized carbons (Fsp3) is 0.222. The second kappa shape index (κ2) is 7.41. The third-order valence-corrected chi connectivity index (χ3v) is 4.67. The van der Waals surface area contributed by atoms with Gasteiger partial charge in [0.25, 0.3) is 0 Å². The van der Waals surface area contributed by atoms with Crippen LogP contribution in [0.1, 0.15) is 12.5 Å². The second-order valence-corrected chi connectivity index (χ2v) is 6.99. The lowest BCUT2D eigenvalue weighted by molar-refractivity contribution is -0.116. The largest absolute Gasteiger partial charge is 0.495 e. The monoisotopic (exact) mass is 419 g/mol. The number of ether oxygens (including phenoxy) is 1. The lowest BCUT2D eigenvalue weighted by Crippen LogP contribution is -2.28. The highest BCUT2D eigenvalue weighted by atomic mass is 79.9. The number of benzene rings is 2. The van der Waals surface area contributed by atoms with E-state index in [0.717, 1.165) is 33.5 Å². The highest BCUT2D eigenvalue weighted by Crippen LogP contribution is 2.38. The van der Waals surface area contributed by atoms with Crippen LogP contribution in [0.4, 0.5) is 17.1 Å². The van der Waals surface area contributed by atoms with Gasteiger partial charge in [0, 0.05) is 17.9 Å². The molecule has 7 heteroatoms. The fourth-order valence-electron chi connectivity index (χ4n) is 2.94. The molecule has 25 heavy (non-hydrogen) atoms. The quantitative estimate of drug-likeness (QED) is 0.730. The van der Waals surface area contributed by atoms with E-state index < -0.39 is 0 Å². The Morgan fingerprint density at radius 2 is 1.96 bits per heavy atom. The molecule has 0 aromatic heterocycles. The number of nitrogens with one attached hydrogen (secondary N) is 2. The van der Waals surface area contributed by atoms with Gasteiger partial charge in [0.05, 0.1) is 24.2 Å². The minimum atomic E-state index is 0.0210. The molecule has 3 rings (SSSR count). The van der Waals surface area contributed by atoms with Gasteiger partial charge < -0.3 is 20.3 Å². The Kier molecular flexibility index (Phi) is 5.24. The number of fused-ring (bicyclic) bond motifs is 1. The van der Waals surface area contributed by atoms with Gasteiger partial charge in [0.15, 0.2) is 5.11 Å². The Morgan fingerprint density at radius 3 is 2.68 bits per heavy atom. The Hall–Kier alpha value is -2.12. The van der Waals surface area contributed by atoms with Gasteiger partial charge in [0.1, 0.15) is 5.75 Å². The van der Waals surface area contributed by atoms with E-state index in [1.54, 1.807) is 18.9 Å². The summed E-state index contributed by atoms with van der Waals surface area (Å²) in [5, 5.41) is 6.78. The van der Waals surface area contributed by atoms with E-state index in [-0.39, 0.29) is 5.91 Å². The maximum Gasteiger partial charge on any atom is 0.223 e. The number of hydrogen-bond donors (Lipinski definition) is 2.